The molecule has 0 spiro atoms. The van der Waals surface area contributed by atoms with Gasteiger partial charge in [-0.1, -0.05) is 23.7 Å². The van der Waals surface area contributed by atoms with Gasteiger partial charge in [0.25, 0.3) is 0 Å². The normalized spacial score (nSPS) is 11.4. The number of hydrogen-bond donors (Lipinski definition) is 2. The minimum Gasteiger partial charge on any atom is -0.477 e. The average molecular weight is 251 g/mol. The van der Waals surface area contributed by atoms with E-state index in [-0.39, 0.29) is 5.57 Å². The molecule has 0 saturated carbocycles. The van der Waals surface area contributed by atoms with E-state index < -0.39 is 5.97 Å². The van der Waals surface area contributed by atoms with Crippen molar-refractivity contribution in [3.8, 4) is 6.07 Å². The zero-order valence-corrected chi connectivity index (χ0v) is 9.95. The summed E-state index contributed by atoms with van der Waals surface area (Å²) in [4.78, 5) is 10.7. The van der Waals surface area contributed by atoms with E-state index in [4.69, 9.17) is 22.0 Å². The van der Waals surface area contributed by atoms with Crippen molar-refractivity contribution in [3.63, 3.8) is 0 Å². The summed E-state index contributed by atoms with van der Waals surface area (Å²) in [5, 5.41) is 20.9. The molecule has 1 aromatic rings. The fraction of sp³-hybridized carbons (Fsp3) is 0.167. The van der Waals surface area contributed by atoms with Gasteiger partial charge in [0.05, 0.1) is 0 Å². The number of nitrogens with zero attached hydrogens (tertiary/aromatic N) is 1. The maximum atomic E-state index is 10.7. The molecule has 0 aliphatic rings. The highest BCUT2D eigenvalue weighted by Crippen LogP contribution is 2.10. The van der Waals surface area contributed by atoms with E-state index in [9.17, 15) is 4.79 Å². The van der Waals surface area contributed by atoms with Crippen molar-refractivity contribution < 1.29 is 9.90 Å². The van der Waals surface area contributed by atoms with Crippen LogP contribution >= 0.6 is 11.6 Å². The molecule has 0 aliphatic carbocycles. The van der Waals surface area contributed by atoms with Crippen molar-refractivity contribution >= 4 is 17.6 Å². The molecule has 5 heteroatoms. The highest BCUT2D eigenvalue weighted by molar-refractivity contribution is 6.30. The predicted molar refractivity (Wildman–Crippen MR) is 64.2 cm³/mol. The van der Waals surface area contributed by atoms with E-state index in [2.05, 4.69) is 5.32 Å². The SMILES string of the molecule is C/C(NCc1ccc(Cl)cc1)=C(\C#N)C(=O)O. The summed E-state index contributed by atoms with van der Waals surface area (Å²) in [6.07, 6.45) is 0. The standard InChI is InChI=1S/C12H11ClN2O2/c1-8(11(6-14)12(16)17)15-7-9-2-4-10(13)5-3-9/h2-5,15H,7H2,1H3,(H,16,17)/b11-8-. The Morgan fingerprint density at radius 1 is 1.47 bits per heavy atom. The van der Waals surface area contributed by atoms with Gasteiger partial charge < -0.3 is 10.4 Å². The number of allylic oxidation sites excluding steroid dienone is 1. The summed E-state index contributed by atoms with van der Waals surface area (Å²) >= 11 is 5.74. The summed E-state index contributed by atoms with van der Waals surface area (Å²) in [6, 6.07) is 8.80. The zero-order chi connectivity index (χ0) is 12.8. The molecule has 0 saturated heterocycles. The molecular weight excluding hydrogens is 240 g/mol. The van der Waals surface area contributed by atoms with Crippen LogP contribution in [0.3, 0.4) is 0 Å². The average Bonchev–Trinajstić information content (AvgIpc) is 2.28. The molecule has 2 N–H and O–H groups in total. The molecule has 0 radical (unpaired) electrons. The number of rotatable bonds is 4. The molecule has 4 nitrogen and oxygen atoms in total. The minimum atomic E-state index is -1.23. The number of carboxylic acid groups (broad SMARTS) is 1. The summed E-state index contributed by atoms with van der Waals surface area (Å²) in [5.74, 6) is -1.23. The van der Waals surface area contributed by atoms with Crippen LogP contribution in [0, 0.1) is 11.3 Å². The third-order valence-corrected chi connectivity index (χ3v) is 2.42. The number of carbonyl (C=O) groups is 1. The first kappa shape index (κ1) is 13.1. The van der Waals surface area contributed by atoms with Crippen molar-refractivity contribution in [3.05, 3.63) is 46.1 Å². The Bertz CT molecular complexity index is 486. The van der Waals surface area contributed by atoms with Crippen LogP contribution < -0.4 is 5.32 Å². The molecular formula is C12H11ClN2O2. The third-order valence-electron chi connectivity index (χ3n) is 2.17. The maximum Gasteiger partial charge on any atom is 0.348 e. The van der Waals surface area contributed by atoms with Crippen molar-refractivity contribution in [2.75, 3.05) is 0 Å². The Labute approximate surface area is 104 Å². The summed E-state index contributed by atoms with van der Waals surface area (Å²) in [5.41, 5.74) is 1.02. The van der Waals surface area contributed by atoms with Crippen LogP contribution in [0.4, 0.5) is 0 Å². The summed E-state index contributed by atoms with van der Waals surface area (Å²) in [6.45, 7) is 2.00. The highest BCUT2D eigenvalue weighted by atomic mass is 35.5. The van der Waals surface area contributed by atoms with Crippen LogP contribution in [0.25, 0.3) is 0 Å². The molecule has 0 aliphatic heterocycles. The Morgan fingerprint density at radius 3 is 2.53 bits per heavy atom. The second kappa shape index (κ2) is 5.92. The van der Waals surface area contributed by atoms with Gasteiger partial charge in [-0.05, 0) is 24.6 Å². The predicted octanol–water partition coefficient (Wildman–Crippen LogP) is 2.31. The van der Waals surface area contributed by atoms with Crippen LogP contribution in [0.1, 0.15) is 12.5 Å². The van der Waals surface area contributed by atoms with Gasteiger partial charge in [0.1, 0.15) is 6.07 Å². The van der Waals surface area contributed by atoms with Crippen molar-refractivity contribution in [1.29, 1.82) is 5.26 Å². The zero-order valence-electron chi connectivity index (χ0n) is 9.20. The fourth-order valence-electron chi connectivity index (χ4n) is 1.22. The van der Waals surface area contributed by atoms with Crippen molar-refractivity contribution in [2.24, 2.45) is 0 Å². The van der Waals surface area contributed by atoms with Gasteiger partial charge in [0.15, 0.2) is 5.57 Å². The number of nitrogens with one attached hydrogen (secondary N) is 1. The largest absolute Gasteiger partial charge is 0.477 e. The van der Waals surface area contributed by atoms with Gasteiger partial charge in [-0.15, -0.1) is 0 Å². The van der Waals surface area contributed by atoms with Crippen molar-refractivity contribution in [1.82, 2.24) is 5.32 Å². The lowest BCUT2D eigenvalue weighted by Gasteiger charge is -2.07. The number of carboxylic acids is 1. The van der Waals surface area contributed by atoms with Gasteiger partial charge in [-0.2, -0.15) is 5.26 Å². The third kappa shape index (κ3) is 3.82. The number of hydrogen-bond acceptors (Lipinski definition) is 3. The van der Waals surface area contributed by atoms with Crippen LogP contribution in [0.2, 0.25) is 5.02 Å². The topological polar surface area (TPSA) is 73.1 Å². The van der Waals surface area contributed by atoms with Gasteiger partial charge >= 0.3 is 5.97 Å². The van der Waals surface area contributed by atoms with Gasteiger partial charge in [-0.3, -0.25) is 0 Å². The molecule has 17 heavy (non-hydrogen) atoms. The van der Waals surface area contributed by atoms with Crippen LogP contribution in [-0.2, 0) is 11.3 Å². The molecule has 0 bridgehead atoms. The molecule has 0 unspecified atom stereocenters. The lowest BCUT2D eigenvalue weighted by Crippen LogP contribution is -2.15. The van der Waals surface area contributed by atoms with Gasteiger partial charge in [0, 0.05) is 17.3 Å². The highest BCUT2D eigenvalue weighted by Gasteiger charge is 2.09. The maximum absolute atomic E-state index is 10.7. The first-order valence-corrected chi connectivity index (χ1v) is 5.25. The monoisotopic (exact) mass is 250 g/mol. The number of nitriles is 1. The molecule has 0 amide bonds. The molecule has 1 aromatic carbocycles. The van der Waals surface area contributed by atoms with E-state index in [1.54, 1.807) is 25.1 Å². The minimum absolute atomic E-state index is 0.279. The second-order valence-corrected chi connectivity index (χ2v) is 3.83. The van der Waals surface area contributed by atoms with Crippen LogP contribution in [0.5, 0.6) is 0 Å². The molecule has 0 aromatic heterocycles. The molecule has 0 atom stereocenters. The van der Waals surface area contributed by atoms with E-state index in [0.717, 1.165) is 5.56 Å². The first-order valence-electron chi connectivity index (χ1n) is 4.87. The van der Waals surface area contributed by atoms with E-state index >= 15 is 0 Å². The molecule has 1 rings (SSSR count). The smallest absolute Gasteiger partial charge is 0.348 e. The number of aliphatic carboxylic acids is 1. The van der Waals surface area contributed by atoms with E-state index in [1.165, 1.54) is 0 Å². The Hall–Kier alpha value is -1.99. The van der Waals surface area contributed by atoms with Gasteiger partial charge in [-0.25, -0.2) is 4.79 Å². The fourth-order valence-corrected chi connectivity index (χ4v) is 1.34. The Kier molecular flexibility index (Phi) is 4.56. The summed E-state index contributed by atoms with van der Waals surface area (Å²) < 4.78 is 0. The summed E-state index contributed by atoms with van der Waals surface area (Å²) in [7, 11) is 0. The second-order valence-electron chi connectivity index (χ2n) is 3.40. The lowest BCUT2D eigenvalue weighted by atomic mass is 10.2. The number of halogens is 1. The van der Waals surface area contributed by atoms with Crippen LogP contribution in [0.15, 0.2) is 35.5 Å². The Morgan fingerprint density at radius 2 is 2.06 bits per heavy atom. The molecule has 88 valence electrons. The quantitative estimate of drug-likeness (QED) is 0.635. The first-order chi connectivity index (χ1) is 8.04. The number of benzene rings is 1. The molecule has 0 heterocycles. The van der Waals surface area contributed by atoms with Crippen LogP contribution in [-0.4, -0.2) is 11.1 Å². The van der Waals surface area contributed by atoms with E-state index in [0.29, 0.717) is 17.3 Å². The molecule has 0 fully saturated rings. The van der Waals surface area contributed by atoms with Crippen molar-refractivity contribution in [2.45, 2.75) is 13.5 Å². The Balaban J connectivity index is 2.71. The van der Waals surface area contributed by atoms with E-state index in [1.807, 2.05) is 12.1 Å². The lowest BCUT2D eigenvalue weighted by molar-refractivity contribution is -0.132. The van der Waals surface area contributed by atoms with Gasteiger partial charge in [0.2, 0.25) is 0 Å².